The number of hydrogen-bond acceptors (Lipinski definition) is 3. The van der Waals surface area contributed by atoms with Crippen molar-refractivity contribution in [1.82, 2.24) is 19.6 Å². The maximum Gasteiger partial charge on any atom is 2.00 e. The Morgan fingerprint density at radius 3 is 1.43 bits per heavy atom. The van der Waals surface area contributed by atoms with Crippen molar-refractivity contribution in [2.24, 2.45) is 0 Å². The summed E-state index contributed by atoms with van der Waals surface area (Å²) in [6.07, 6.45) is 7.77. The summed E-state index contributed by atoms with van der Waals surface area (Å²) in [5.41, 5.74) is 9.41. The van der Waals surface area contributed by atoms with Crippen LogP contribution in [0.5, 0.6) is 0 Å². The van der Waals surface area contributed by atoms with Gasteiger partial charge >= 0.3 is 21.1 Å². The van der Waals surface area contributed by atoms with Gasteiger partial charge < -0.3 is 4.90 Å². The number of rotatable bonds is 5. The minimum atomic E-state index is -0.0159. The third-order valence-corrected chi connectivity index (χ3v) is 6.84. The van der Waals surface area contributed by atoms with E-state index in [2.05, 4.69) is 111 Å². The van der Waals surface area contributed by atoms with Gasteiger partial charge in [-0.3, -0.25) is 9.36 Å². The van der Waals surface area contributed by atoms with Crippen LogP contribution in [0.3, 0.4) is 0 Å². The van der Waals surface area contributed by atoms with E-state index in [1.54, 1.807) is 0 Å². The summed E-state index contributed by atoms with van der Waals surface area (Å²) < 4.78 is 3.74. The third kappa shape index (κ3) is 6.31. The summed E-state index contributed by atoms with van der Waals surface area (Å²) in [7, 11) is 0. The fourth-order valence-corrected chi connectivity index (χ4v) is 4.52. The van der Waals surface area contributed by atoms with E-state index in [0.29, 0.717) is 0 Å². The first-order valence-corrected chi connectivity index (χ1v) is 13.4. The average Bonchev–Trinajstić information content (AvgIpc) is 3.52. The van der Waals surface area contributed by atoms with Gasteiger partial charge in [0.2, 0.25) is 0 Å². The zero-order valence-electron chi connectivity index (χ0n) is 24.6. The molecule has 0 aliphatic rings. The molecule has 0 saturated heterocycles. The Balaban J connectivity index is 0.00000370. The fourth-order valence-electron chi connectivity index (χ4n) is 4.52. The van der Waals surface area contributed by atoms with E-state index in [4.69, 9.17) is 0 Å². The van der Waals surface area contributed by atoms with Gasteiger partial charge in [-0.1, -0.05) is 59.0 Å². The van der Waals surface area contributed by atoms with Crippen molar-refractivity contribution in [2.75, 3.05) is 4.90 Å². The van der Waals surface area contributed by atoms with E-state index < -0.39 is 0 Å². The van der Waals surface area contributed by atoms with E-state index in [1.807, 2.05) is 60.1 Å². The largest absolute Gasteiger partial charge is 2.00 e. The van der Waals surface area contributed by atoms with Gasteiger partial charge in [-0.15, -0.1) is 36.4 Å². The number of benzene rings is 3. The first-order chi connectivity index (χ1) is 18.4. The van der Waals surface area contributed by atoms with Gasteiger partial charge in [-0.25, -0.2) is 0 Å². The molecule has 0 saturated carbocycles. The monoisotopic (exact) mass is 710 g/mol. The van der Waals surface area contributed by atoms with Crippen LogP contribution in [0.25, 0.3) is 11.4 Å². The molecule has 6 heteroatoms. The molecule has 0 aliphatic carbocycles. The molecule has 5 nitrogen and oxygen atoms in total. The molecule has 0 N–H and O–H groups in total. The van der Waals surface area contributed by atoms with E-state index in [0.717, 1.165) is 39.6 Å². The molecule has 0 amide bonds. The number of aromatic nitrogens is 4. The minimum Gasteiger partial charge on any atom is -0.358 e. The summed E-state index contributed by atoms with van der Waals surface area (Å²) in [6, 6.07) is 26.6. The van der Waals surface area contributed by atoms with Gasteiger partial charge in [0.25, 0.3) is 0 Å². The topological polar surface area (TPSA) is 38.9 Å². The molecule has 0 fully saturated rings. The molecule has 3 aromatic carbocycles. The summed E-state index contributed by atoms with van der Waals surface area (Å²) >= 11 is 0. The number of aryl methyl sites for hydroxylation is 2. The minimum absolute atomic E-state index is 0. The summed E-state index contributed by atoms with van der Waals surface area (Å²) in [5.74, 6) is 0. The molecule has 40 heavy (non-hydrogen) atoms. The van der Waals surface area contributed by atoms with Crippen molar-refractivity contribution in [2.45, 2.75) is 66.2 Å². The molecule has 208 valence electrons. The van der Waals surface area contributed by atoms with Crippen LogP contribution in [0.1, 0.15) is 63.8 Å². The Hall–Kier alpha value is -3.43. The van der Waals surface area contributed by atoms with Crippen LogP contribution >= 0.6 is 0 Å². The molecule has 2 heterocycles. The predicted molar refractivity (Wildman–Crippen MR) is 160 cm³/mol. The SMILES string of the molecule is Cc1cnn(-c2[c-]c(N(c3[c-]c(-n4cc(C)cn4)ccc3)c3cc(C(C)(C)C)cc(C(C)(C)C)c3)ccc2)c1.[Pt+2]. The predicted octanol–water partition coefficient (Wildman–Crippen LogP) is 8.34. The Bertz CT molecular complexity index is 1500. The first-order valence-electron chi connectivity index (χ1n) is 13.4. The maximum atomic E-state index is 4.53. The normalized spacial score (nSPS) is 11.8. The Morgan fingerprint density at radius 1 is 0.650 bits per heavy atom. The second kappa shape index (κ2) is 11.2. The summed E-state index contributed by atoms with van der Waals surface area (Å²) in [4.78, 5) is 2.24. The Morgan fingerprint density at radius 2 is 1.07 bits per heavy atom. The molecule has 2 aromatic heterocycles. The molecule has 0 atom stereocenters. The second-order valence-electron chi connectivity index (χ2n) is 12.4. The van der Waals surface area contributed by atoms with Gasteiger partial charge in [-0.2, -0.15) is 22.3 Å². The van der Waals surface area contributed by atoms with Crippen molar-refractivity contribution in [3.63, 3.8) is 0 Å². The number of nitrogens with zero attached hydrogens (tertiary/aromatic N) is 5. The van der Waals surface area contributed by atoms with Crippen molar-refractivity contribution in [3.05, 3.63) is 114 Å². The standard InChI is InChI=1S/C34H37N5.Pt/c1-24-20-35-37(22-24)28-11-9-13-30(18-28)39(31-14-10-12-29(19-31)38-23-25(2)21-36-38)32-16-26(33(3,4)5)15-27(17-32)34(6,7)8;/h9-17,20-23H,1-8H3;/q-2;+2. The first kappa shape index (κ1) is 29.5. The molecule has 0 bridgehead atoms. The average molecular weight is 711 g/mol. The fraction of sp³-hybridized carbons (Fsp3) is 0.294. The van der Waals surface area contributed by atoms with Crippen molar-refractivity contribution < 1.29 is 21.1 Å². The molecule has 5 aromatic rings. The summed E-state index contributed by atoms with van der Waals surface area (Å²) in [5, 5.41) is 9.06. The van der Waals surface area contributed by atoms with Crippen LogP contribution in [0.15, 0.2) is 79.4 Å². The van der Waals surface area contributed by atoms with Gasteiger partial charge in [-0.05, 0) is 70.4 Å². The third-order valence-electron chi connectivity index (χ3n) is 6.84. The van der Waals surface area contributed by atoms with Crippen LogP contribution in [0, 0.1) is 26.0 Å². The quantitative estimate of drug-likeness (QED) is 0.172. The number of anilines is 3. The van der Waals surface area contributed by atoms with Crippen molar-refractivity contribution in [1.29, 1.82) is 0 Å². The second-order valence-corrected chi connectivity index (χ2v) is 12.4. The van der Waals surface area contributed by atoms with E-state index in [9.17, 15) is 0 Å². The van der Waals surface area contributed by atoms with Gasteiger partial charge in [0.05, 0.1) is 12.4 Å². The van der Waals surface area contributed by atoms with E-state index in [-0.39, 0.29) is 31.9 Å². The molecule has 0 unspecified atom stereocenters. The molecular formula is C34H37N5Pt. The zero-order chi connectivity index (χ0) is 27.9. The van der Waals surface area contributed by atoms with Gasteiger partial charge in [0.15, 0.2) is 0 Å². The molecule has 0 spiro atoms. The van der Waals surface area contributed by atoms with Crippen molar-refractivity contribution in [3.8, 4) is 11.4 Å². The van der Waals surface area contributed by atoms with Gasteiger partial charge in [0.1, 0.15) is 0 Å². The van der Waals surface area contributed by atoms with Crippen molar-refractivity contribution >= 4 is 17.1 Å². The van der Waals surface area contributed by atoms with Gasteiger partial charge in [0, 0.05) is 18.1 Å². The molecular weight excluding hydrogens is 673 g/mol. The Labute approximate surface area is 253 Å². The molecule has 5 rings (SSSR count). The molecule has 0 radical (unpaired) electrons. The van der Waals surface area contributed by atoms with Crippen LogP contribution in [-0.4, -0.2) is 19.6 Å². The van der Waals surface area contributed by atoms with E-state index >= 15 is 0 Å². The van der Waals surface area contributed by atoms with Crippen LogP contribution < -0.4 is 4.90 Å². The zero-order valence-corrected chi connectivity index (χ0v) is 26.8. The van der Waals surface area contributed by atoms with E-state index in [1.165, 1.54) is 11.1 Å². The smallest absolute Gasteiger partial charge is 0.358 e. The van der Waals surface area contributed by atoms with Crippen LogP contribution in [0.4, 0.5) is 17.1 Å². The Kier molecular flexibility index (Phi) is 8.28. The maximum absolute atomic E-state index is 4.53. The molecule has 0 aliphatic heterocycles. The van der Waals surface area contributed by atoms with Crippen LogP contribution in [0.2, 0.25) is 0 Å². The van der Waals surface area contributed by atoms with Crippen LogP contribution in [-0.2, 0) is 31.9 Å². The number of hydrogen-bond donors (Lipinski definition) is 0. The summed E-state index contributed by atoms with van der Waals surface area (Å²) in [6.45, 7) is 17.7.